The fourth-order valence-corrected chi connectivity index (χ4v) is 8.56. The molecule has 0 saturated heterocycles. The van der Waals surface area contributed by atoms with E-state index in [9.17, 15) is 24.3 Å². The van der Waals surface area contributed by atoms with Crippen LogP contribution in [-0.4, -0.2) is 35.5 Å². The number of amides is 2. The van der Waals surface area contributed by atoms with Crippen molar-refractivity contribution < 1.29 is 29.0 Å². The van der Waals surface area contributed by atoms with Gasteiger partial charge in [-0.3, -0.25) is 9.59 Å². The summed E-state index contributed by atoms with van der Waals surface area (Å²) < 4.78 is 5.35. The van der Waals surface area contributed by atoms with Crippen molar-refractivity contribution >= 4 is 104 Å². The van der Waals surface area contributed by atoms with Gasteiger partial charge in [0.05, 0.1) is 43.4 Å². The van der Waals surface area contributed by atoms with E-state index in [2.05, 4.69) is 10.6 Å². The molecule has 0 aliphatic heterocycles. The van der Waals surface area contributed by atoms with E-state index in [1.54, 1.807) is 31.2 Å². The van der Waals surface area contributed by atoms with Gasteiger partial charge in [-0.2, -0.15) is 0 Å². The van der Waals surface area contributed by atoms with Crippen LogP contribution in [0, 0.1) is 0 Å². The first-order valence-corrected chi connectivity index (χ1v) is 17.6. The molecule has 1 aromatic heterocycles. The highest BCUT2D eigenvalue weighted by Crippen LogP contribution is 2.43. The van der Waals surface area contributed by atoms with E-state index < -0.39 is 39.2 Å². The predicted molar refractivity (Wildman–Crippen MR) is 188 cm³/mol. The van der Waals surface area contributed by atoms with Crippen LogP contribution in [0.5, 0.6) is 0 Å². The zero-order chi connectivity index (χ0) is 33.8. The minimum atomic E-state index is -1.51. The Morgan fingerprint density at radius 1 is 0.872 bits per heavy atom. The fourth-order valence-electron chi connectivity index (χ4n) is 5.17. The predicted octanol–water partition coefficient (Wildman–Crippen LogP) is 9.84. The number of carbonyl (C=O) groups is 4. The third-order valence-electron chi connectivity index (χ3n) is 7.28. The monoisotopic (exact) mass is 750 g/mol. The van der Waals surface area contributed by atoms with Gasteiger partial charge in [0, 0.05) is 15.5 Å². The van der Waals surface area contributed by atoms with Gasteiger partial charge >= 0.3 is 11.9 Å². The van der Waals surface area contributed by atoms with Crippen LogP contribution < -0.4 is 10.6 Å². The van der Waals surface area contributed by atoms with E-state index in [0.29, 0.717) is 21.0 Å². The van der Waals surface area contributed by atoms with Crippen molar-refractivity contribution in [3.8, 4) is 0 Å². The van der Waals surface area contributed by atoms with Crippen LogP contribution in [0.4, 0.5) is 10.7 Å². The molecule has 0 fully saturated rings. The average molecular weight is 753 g/mol. The van der Waals surface area contributed by atoms with Gasteiger partial charge in [-0.15, -0.1) is 23.1 Å². The first kappa shape index (κ1) is 35.1. The molecule has 0 spiro atoms. The second kappa shape index (κ2) is 15.3. The molecule has 3 N–H and O–H groups in total. The first-order valence-electron chi connectivity index (χ1n) is 14.4. The van der Waals surface area contributed by atoms with Crippen LogP contribution in [0.15, 0.2) is 59.5 Å². The van der Waals surface area contributed by atoms with Gasteiger partial charge in [-0.25, -0.2) is 9.59 Å². The summed E-state index contributed by atoms with van der Waals surface area (Å²) in [5.41, 5.74) is 1.32. The average Bonchev–Trinajstić information content (AvgIpc) is 3.42. The lowest BCUT2D eigenvalue weighted by Crippen LogP contribution is -2.20. The van der Waals surface area contributed by atoms with Gasteiger partial charge < -0.3 is 20.5 Å². The quantitative estimate of drug-likeness (QED) is 0.0638. The number of esters is 1. The summed E-state index contributed by atoms with van der Waals surface area (Å²) in [6.07, 6.45) is 3.56. The zero-order valence-electron chi connectivity index (χ0n) is 24.6. The lowest BCUT2D eigenvalue weighted by molar-refractivity contribution is -0.115. The number of benzene rings is 3. The SMILES string of the molecule is CCOC(=O)c1c(NC(=O)C(Sc2cccc(NC(=O)c3c(Cl)c(Cl)c(Cl)c(Cl)c3C(=O)O)c2)c2ccccc2)sc2c1CCCC2. The van der Waals surface area contributed by atoms with Crippen molar-refractivity contribution in [3.05, 3.63) is 107 Å². The molecule has 1 atom stereocenters. The number of aryl methyl sites for hydroxylation is 1. The van der Waals surface area contributed by atoms with Crippen molar-refractivity contribution in [1.29, 1.82) is 0 Å². The minimum Gasteiger partial charge on any atom is -0.478 e. The summed E-state index contributed by atoms with van der Waals surface area (Å²) in [5, 5.41) is 13.8. The normalized spacial score (nSPS) is 13.0. The fraction of sp³-hybridized carbons (Fsp3) is 0.212. The number of thioether (sulfide) groups is 1. The molecule has 2 amide bonds. The van der Waals surface area contributed by atoms with Crippen LogP contribution in [0.25, 0.3) is 0 Å². The van der Waals surface area contributed by atoms with Crippen LogP contribution in [-0.2, 0) is 22.4 Å². The molecular formula is C33H26Cl4N2O6S2. The Hall–Kier alpha value is -3.25. The largest absolute Gasteiger partial charge is 0.478 e. The van der Waals surface area contributed by atoms with Crippen molar-refractivity contribution in [2.75, 3.05) is 17.2 Å². The van der Waals surface area contributed by atoms with Crippen molar-refractivity contribution in [2.45, 2.75) is 42.8 Å². The Balaban J connectivity index is 1.44. The number of carboxylic acids is 1. The summed E-state index contributed by atoms with van der Waals surface area (Å²) in [7, 11) is 0. The number of nitrogens with one attached hydrogen (secondary N) is 2. The van der Waals surface area contributed by atoms with Gasteiger partial charge in [0.1, 0.15) is 10.3 Å². The maximum Gasteiger partial charge on any atom is 0.341 e. The molecule has 0 bridgehead atoms. The van der Waals surface area contributed by atoms with Crippen molar-refractivity contribution in [3.63, 3.8) is 0 Å². The number of hydrogen-bond donors (Lipinski definition) is 3. The highest BCUT2D eigenvalue weighted by atomic mass is 35.5. The maximum atomic E-state index is 14.0. The number of rotatable bonds is 10. The number of ether oxygens (including phenoxy) is 1. The molecule has 1 unspecified atom stereocenters. The Bertz CT molecular complexity index is 1880. The molecule has 1 aliphatic rings. The van der Waals surface area contributed by atoms with Crippen molar-refractivity contribution in [2.24, 2.45) is 0 Å². The highest BCUT2D eigenvalue weighted by molar-refractivity contribution is 8.00. The van der Waals surface area contributed by atoms with Crippen LogP contribution in [0.3, 0.4) is 0 Å². The van der Waals surface area contributed by atoms with Crippen LogP contribution in [0.2, 0.25) is 20.1 Å². The van der Waals surface area contributed by atoms with Gasteiger partial charge in [0.2, 0.25) is 5.91 Å². The lowest BCUT2D eigenvalue weighted by Gasteiger charge is -2.18. The molecule has 5 rings (SSSR count). The van der Waals surface area contributed by atoms with E-state index in [0.717, 1.165) is 36.1 Å². The molecule has 8 nitrogen and oxygen atoms in total. The molecule has 1 aliphatic carbocycles. The number of fused-ring (bicyclic) bond motifs is 1. The number of hydrogen-bond acceptors (Lipinski definition) is 7. The third-order valence-corrected chi connectivity index (χ3v) is 11.5. The topological polar surface area (TPSA) is 122 Å². The zero-order valence-corrected chi connectivity index (χ0v) is 29.3. The maximum absolute atomic E-state index is 14.0. The molecule has 14 heteroatoms. The molecule has 0 radical (unpaired) electrons. The molecule has 0 saturated carbocycles. The van der Waals surface area contributed by atoms with Gasteiger partial charge in [-0.05, 0) is 61.9 Å². The Morgan fingerprint density at radius 2 is 1.55 bits per heavy atom. The van der Waals surface area contributed by atoms with Crippen LogP contribution >= 0.6 is 69.5 Å². The van der Waals surface area contributed by atoms with E-state index in [1.165, 1.54) is 23.1 Å². The summed E-state index contributed by atoms with van der Waals surface area (Å²) in [5.74, 6) is -3.19. The van der Waals surface area contributed by atoms with E-state index >= 15 is 0 Å². The van der Waals surface area contributed by atoms with E-state index in [1.807, 2.05) is 30.3 Å². The number of thiophene rings is 1. The highest BCUT2D eigenvalue weighted by Gasteiger charge is 2.31. The third kappa shape index (κ3) is 7.58. The molecular weight excluding hydrogens is 726 g/mol. The Kier molecular flexibility index (Phi) is 11.4. The lowest BCUT2D eigenvalue weighted by atomic mass is 9.95. The Morgan fingerprint density at radius 3 is 2.23 bits per heavy atom. The van der Waals surface area contributed by atoms with E-state index in [4.69, 9.17) is 51.1 Å². The smallest absolute Gasteiger partial charge is 0.341 e. The van der Waals surface area contributed by atoms with Crippen LogP contribution in [0.1, 0.15) is 72.1 Å². The van der Waals surface area contributed by atoms with Crippen molar-refractivity contribution in [1.82, 2.24) is 0 Å². The molecule has 3 aromatic carbocycles. The number of anilines is 2. The number of carbonyl (C=O) groups excluding carboxylic acids is 3. The first-order chi connectivity index (χ1) is 22.5. The Labute approximate surface area is 298 Å². The molecule has 244 valence electrons. The summed E-state index contributed by atoms with van der Waals surface area (Å²) in [4.78, 5) is 54.0. The minimum absolute atomic E-state index is 0.216. The molecule has 4 aromatic rings. The second-order valence-corrected chi connectivity index (χ2v) is 14.1. The number of carboxylic acid groups (broad SMARTS) is 1. The number of halogens is 4. The summed E-state index contributed by atoms with van der Waals surface area (Å²) in [6.45, 7) is 1.96. The van der Waals surface area contributed by atoms with Gasteiger partial charge in [0.25, 0.3) is 5.91 Å². The second-order valence-electron chi connectivity index (χ2n) is 10.3. The molecule has 1 heterocycles. The number of aromatic carboxylic acids is 1. The summed E-state index contributed by atoms with van der Waals surface area (Å²) in [6, 6.07) is 15.8. The van der Waals surface area contributed by atoms with Gasteiger partial charge in [-0.1, -0.05) is 82.8 Å². The standard InChI is InChI=1S/C33H26Cl4N2O6S2/c1-2-45-33(44)21-19-13-6-7-14-20(19)47-31(21)39-30(41)28(16-9-4-3-5-10-16)46-18-12-8-11-17(15-18)38-29(40)22-23(32(42)43)25(35)27(37)26(36)24(22)34/h3-5,8-12,15,28H,2,6-7,13-14H2,1H3,(H,38,40)(H,39,41)(H,42,43). The van der Waals surface area contributed by atoms with Gasteiger partial charge in [0.15, 0.2) is 0 Å². The van der Waals surface area contributed by atoms with E-state index in [-0.39, 0.29) is 33.3 Å². The summed E-state index contributed by atoms with van der Waals surface area (Å²) >= 11 is 27.2. The molecule has 47 heavy (non-hydrogen) atoms.